The number of benzene rings is 5. The van der Waals surface area contributed by atoms with Crippen molar-refractivity contribution in [3.8, 4) is 11.1 Å². The van der Waals surface area contributed by atoms with E-state index in [2.05, 4.69) is 36.4 Å². The van der Waals surface area contributed by atoms with Gasteiger partial charge in [0.25, 0.3) is 0 Å². The Morgan fingerprint density at radius 2 is 1.08 bits per heavy atom. The van der Waals surface area contributed by atoms with Crippen LogP contribution in [0.3, 0.4) is 0 Å². The molecule has 0 unspecified atom stereocenters. The third-order valence-corrected chi connectivity index (χ3v) is 7.06. The van der Waals surface area contributed by atoms with Gasteiger partial charge in [0.15, 0.2) is 5.84 Å². The molecule has 38 heavy (non-hydrogen) atoms. The van der Waals surface area contributed by atoms with Crippen LogP contribution < -0.4 is 0 Å². The second kappa shape index (κ2) is 11.1. The predicted molar refractivity (Wildman–Crippen MR) is 154 cm³/mol. The van der Waals surface area contributed by atoms with Gasteiger partial charge in [0.2, 0.25) is 0 Å². The van der Waals surface area contributed by atoms with E-state index in [0.717, 1.165) is 34.2 Å². The van der Waals surface area contributed by atoms with E-state index in [0.29, 0.717) is 5.56 Å². The van der Waals surface area contributed by atoms with Crippen LogP contribution in [0.15, 0.2) is 145 Å². The summed E-state index contributed by atoms with van der Waals surface area (Å²) in [4.78, 5) is 0. The molecule has 5 aromatic rings. The van der Waals surface area contributed by atoms with E-state index >= 15 is 0 Å². The number of nitrogens with zero attached hydrogens (tertiary/aromatic N) is 2. The minimum atomic E-state index is -1.04. The summed E-state index contributed by atoms with van der Waals surface area (Å²) in [7, 11) is 0. The Bertz CT molecular complexity index is 1420. The van der Waals surface area contributed by atoms with E-state index in [4.69, 9.17) is 5.53 Å². The first kappa shape index (κ1) is 24.8. The molecule has 0 aliphatic heterocycles. The third-order valence-electron chi connectivity index (χ3n) is 7.06. The zero-order valence-electron chi connectivity index (χ0n) is 21.4. The maximum Gasteiger partial charge on any atom is 0.152 e. The molecular formula is C34H30N4. The monoisotopic (exact) mass is 494 g/mol. The molecule has 0 aliphatic rings. The molecule has 5 rings (SSSR count). The fraction of sp³-hybridized carbons (Fsp3) is 0.0882. The van der Waals surface area contributed by atoms with Crippen LogP contribution in [0.5, 0.6) is 0 Å². The molecule has 4 heteroatoms. The van der Waals surface area contributed by atoms with Crippen molar-refractivity contribution in [2.24, 2.45) is 5.22 Å². The van der Waals surface area contributed by atoms with Crippen LogP contribution in [-0.4, -0.2) is 10.8 Å². The molecule has 0 fully saturated rings. The second-order valence-corrected chi connectivity index (χ2v) is 9.16. The molecular weight excluding hydrogens is 464 g/mol. The van der Waals surface area contributed by atoms with Crippen molar-refractivity contribution in [1.29, 1.82) is 10.9 Å². The van der Waals surface area contributed by atoms with Crippen molar-refractivity contribution < 1.29 is 0 Å². The van der Waals surface area contributed by atoms with Crippen molar-refractivity contribution in [3.05, 3.63) is 167 Å². The molecule has 0 radical (unpaired) electrons. The first-order valence-electron chi connectivity index (χ1n) is 12.8. The molecule has 0 amide bonds. The topological polar surface area (TPSA) is 63.3 Å². The number of amidine groups is 1. The van der Waals surface area contributed by atoms with E-state index in [1.807, 2.05) is 115 Å². The average Bonchev–Trinajstić information content (AvgIpc) is 3.01. The summed E-state index contributed by atoms with van der Waals surface area (Å²) in [5.74, 6) is 0.145. The van der Waals surface area contributed by atoms with Crippen molar-refractivity contribution >= 4 is 5.84 Å². The van der Waals surface area contributed by atoms with Crippen molar-refractivity contribution in [1.82, 2.24) is 5.01 Å². The molecule has 2 N–H and O–H groups in total. The molecule has 5 aromatic carbocycles. The largest absolute Gasteiger partial charge is 0.283 e. The molecule has 186 valence electrons. The summed E-state index contributed by atoms with van der Waals surface area (Å²) in [5, 5.41) is 15.2. The number of aryl methyl sites for hydroxylation is 1. The highest BCUT2D eigenvalue weighted by Gasteiger charge is 2.45. The average molecular weight is 495 g/mol. The molecule has 0 aliphatic carbocycles. The molecule has 0 spiro atoms. The molecule has 0 saturated carbocycles. The Kier molecular flexibility index (Phi) is 7.23. The smallest absolute Gasteiger partial charge is 0.152 e. The Morgan fingerprint density at radius 3 is 1.53 bits per heavy atom. The fourth-order valence-electron chi connectivity index (χ4n) is 5.17. The Balaban J connectivity index is 1.76. The number of hydrogen-bond acceptors (Lipinski definition) is 3. The van der Waals surface area contributed by atoms with Gasteiger partial charge in [-0.1, -0.05) is 152 Å². The number of hydrogen-bond donors (Lipinski definition) is 2. The Hall–Kier alpha value is -4.83. The van der Waals surface area contributed by atoms with E-state index in [-0.39, 0.29) is 5.84 Å². The summed E-state index contributed by atoms with van der Waals surface area (Å²) < 4.78 is 0. The van der Waals surface area contributed by atoms with Crippen LogP contribution in [0.1, 0.15) is 34.7 Å². The van der Waals surface area contributed by atoms with Crippen LogP contribution in [-0.2, 0) is 12.0 Å². The number of nitrogens with one attached hydrogen (secondary N) is 2. The van der Waals surface area contributed by atoms with Gasteiger partial charge < -0.3 is 0 Å². The van der Waals surface area contributed by atoms with Crippen LogP contribution in [0.25, 0.3) is 11.1 Å². The summed E-state index contributed by atoms with van der Waals surface area (Å²) in [5.41, 5.74) is 14.1. The first-order chi connectivity index (χ1) is 18.7. The zero-order chi connectivity index (χ0) is 26.4. The lowest BCUT2D eigenvalue weighted by atomic mass is 9.76. The molecule has 0 heterocycles. The summed E-state index contributed by atoms with van der Waals surface area (Å²) in [6.07, 6.45) is 0.969. The van der Waals surface area contributed by atoms with Gasteiger partial charge in [-0.3, -0.25) is 5.41 Å². The highest BCUT2D eigenvalue weighted by atomic mass is 15.6. The molecule has 4 nitrogen and oxygen atoms in total. The first-order valence-corrected chi connectivity index (χ1v) is 12.8. The maximum atomic E-state index is 9.57. The van der Waals surface area contributed by atoms with Gasteiger partial charge in [-0.05, 0) is 39.8 Å². The molecule has 0 atom stereocenters. The fourth-order valence-corrected chi connectivity index (χ4v) is 5.17. The maximum absolute atomic E-state index is 9.57. The van der Waals surface area contributed by atoms with Gasteiger partial charge in [0.05, 0.1) is 0 Å². The minimum absolute atomic E-state index is 0.145. The second-order valence-electron chi connectivity index (χ2n) is 9.16. The van der Waals surface area contributed by atoms with Gasteiger partial charge in [-0.2, -0.15) is 5.53 Å². The van der Waals surface area contributed by atoms with E-state index in [9.17, 15) is 5.41 Å². The van der Waals surface area contributed by atoms with Crippen molar-refractivity contribution in [2.75, 3.05) is 0 Å². The van der Waals surface area contributed by atoms with Gasteiger partial charge >= 0.3 is 0 Å². The van der Waals surface area contributed by atoms with Gasteiger partial charge in [0, 0.05) is 5.56 Å². The Morgan fingerprint density at radius 1 is 0.632 bits per heavy atom. The van der Waals surface area contributed by atoms with Crippen LogP contribution in [0.4, 0.5) is 0 Å². The lowest BCUT2D eigenvalue weighted by molar-refractivity contribution is 0.252. The predicted octanol–water partition coefficient (Wildman–Crippen LogP) is 8.48. The minimum Gasteiger partial charge on any atom is -0.283 e. The molecule has 0 aromatic heterocycles. The van der Waals surface area contributed by atoms with Gasteiger partial charge in [0.1, 0.15) is 5.54 Å². The molecule has 0 bridgehead atoms. The van der Waals surface area contributed by atoms with E-state index in [1.165, 1.54) is 5.56 Å². The highest BCUT2D eigenvalue weighted by molar-refractivity contribution is 6.03. The number of rotatable bonds is 8. The lowest BCUT2D eigenvalue weighted by Crippen LogP contribution is -2.48. The van der Waals surface area contributed by atoms with Crippen molar-refractivity contribution in [3.63, 3.8) is 0 Å². The van der Waals surface area contributed by atoms with Crippen molar-refractivity contribution in [2.45, 2.75) is 18.9 Å². The molecule has 0 saturated heterocycles. The third kappa shape index (κ3) is 4.41. The van der Waals surface area contributed by atoms with Gasteiger partial charge in [-0.15, -0.1) is 0 Å². The van der Waals surface area contributed by atoms with E-state index < -0.39 is 5.54 Å². The van der Waals surface area contributed by atoms with Crippen LogP contribution >= 0.6 is 0 Å². The standard InChI is InChI=1S/C34H30N4/c1-2-26-22-24-27(25-23-26)31-20-12-13-21-32(31)33(35)38(37-36)34(28-14-6-3-7-15-28,29-16-8-4-9-17-29)30-18-10-5-11-19-30/h3-25,35-36H,2H2,1H3. The summed E-state index contributed by atoms with van der Waals surface area (Å²) in [6.45, 7) is 2.14. The lowest BCUT2D eigenvalue weighted by Gasteiger charge is -2.42. The summed E-state index contributed by atoms with van der Waals surface area (Å²) >= 11 is 0. The van der Waals surface area contributed by atoms with Crippen LogP contribution in [0, 0.1) is 10.9 Å². The quantitative estimate of drug-likeness (QED) is 0.0734. The Labute approximate surface area is 224 Å². The van der Waals surface area contributed by atoms with Gasteiger partial charge in [-0.25, -0.2) is 5.01 Å². The summed E-state index contributed by atoms with van der Waals surface area (Å²) in [6, 6.07) is 46.5. The van der Waals surface area contributed by atoms with E-state index in [1.54, 1.807) is 5.01 Å². The van der Waals surface area contributed by atoms with Crippen LogP contribution in [0.2, 0.25) is 0 Å². The highest BCUT2D eigenvalue weighted by Crippen LogP contribution is 2.44. The normalized spacial score (nSPS) is 11.1. The zero-order valence-corrected chi connectivity index (χ0v) is 21.4. The SMILES string of the molecule is CCc1ccc(-c2ccccc2C(=N)N(N=N)C(c2ccccc2)(c2ccccc2)c2ccccc2)cc1.